The fraction of sp³-hybridized carbons (Fsp3) is 0.500. The molecule has 1 heterocycles. The number of nitrogens with one attached hydrogen (secondary N) is 4. The van der Waals surface area contributed by atoms with Crippen LogP contribution in [0.4, 0.5) is 0 Å². The molecule has 0 spiro atoms. The third-order valence-corrected chi connectivity index (χ3v) is 6.77. The number of carbonyl (C=O) groups excluding carboxylic acids is 5. The average Bonchev–Trinajstić information content (AvgIpc) is 3.60. The van der Waals surface area contributed by atoms with Gasteiger partial charge in [0.25, 0.3) is 5.91 Å². The largest absolute Gasteiger partial charge is 0.356 e. The lowest BCUT2D eigenvalue weighted by Gasteiger charge is -2.28. The molecule has 1 saturated carbocycles. The van der Waals surface area contributed by atoms with Crippen molar-refractivity contribution in [3.05, 3.63) is 40.4 Å². The number of hydrogen-bond donors (Lipinski definition) is 4. The summed E-state index contributed by atoms with van der Waals surface area (Å²) < 4.78 is 0. The van der Waals surface area contributed by atoms with E-state index >= 15 is 0 Å². The Labute approximate surface area is 232 Å². The van der Waals surface area contributed by atoms with Crippen molar-refractivity contribution in [1.29, 1.82) is 5.26 Å². The lowest BCUT2D eigenvalue weighted by Crippen LogP contribution is -2.55. The molecule has 1 aliphatic carbocycles. The molecule has 1 saturated heterocycles. The van der Waals surface area contributed by atoms with Gasteiger partial charge >= 0.3 is 0 Å². The average molecular weight is 556 g/mol. The summed E-state index contributed by atoms with van der Waals surface area (Å²) in [7, 11) is 0. The molecule has 2 unspecified atom stereocenters. The van der Waals surface area contributed by atoms with Gasteiger partial charge in [0.2, 0.25) is 23.5 Å². The van der Waals surface area contributed by atoms with E-state index < -0.39 is 41.5 Å². The molecule has 2 fully saturated rings. The summed E-state index contributed by atoms with van der Waals surface area (Å²) in [6, 6.07) is 4.44. The van der Waals surface area contributed by atoms with Crippen LogP contribution in [0.1, 0.15) is 64.0 Å². The maximum atomic E-state index is 13.4. The predicted octanol–water partition coefficient (Wildman–Crippen LogP) is 2.00. The van der Waals surface area contributed by atoms with Crippen LogP contribution in [0.15, 0.2) is 24.3 Å². The van der Waals surface area contributed by atoms with Crippen molar-refractivity contribution in [2.45, 2.75) is 71.0 Å². The molecule has 2 aliphatic rings. The summed E-state index contributed by atoms with van der Waals surface area (Å²) in [6.07, 6.45) is 5.05. The van der Waals surface area contributed by atoms with E-state index in [1.54, 1.807) is 12.1 Å². The molecule has 1 aliphatic heterocycles. The van der Waals surface area contributed by atoms with Crippen molar-refractivity contribution in [3.8, 4) is 6.07 Å². The van der Waals surface area contributed by atoms with E-state index in [2.05, 4.69) is 21.3 Å². The number of amides is 4. The zero-order chi connectivity index (χ0) is 28.7. The number of ketones is 1. The fourth-order valence-corrected chi connectivity index (χ4v) is 4.41. The van der Waals surface area contributed by atoms with Crippen LogP contribution in [0.5, 0.6) is 0 Å². The Bertz CT molecular complexity index is 1210. The van der Waals surface area contributed by atoms with Gasteiger partial charge in [-0.1, -0.05) is 38.4 Å². The molecule has 39 heavy (non-hydrogen) atoms. The second kappa shape index (κ2) is 12.9. The Kier molecular flexibility index (Phi) is 9.86. The minimum Gasteiger partial charge on any atom is -0.356 e. The zero-order valence-electron chi connectivity index (χ0n) is 22.3. The molecule has 3 atom stereocenters. The smallest absolute Gasteiger partial charge is 0.289 e. The van der Waals surface area contributed by atoms with Crippen LogP contribution in [0.25, 0.3) is 6.08 Å². The van der Waals surface area contributed by atoms with Crippen LogP contribution < -0.4 is 21.3 Å². The topological polar surface area (TPSA) is 157 Å². The Morgan fingerprint density at radius 2 is 1.87 bits per heavy atom. The highest BCUT2D eigenvalue weighted by Gasteiger charge is 2.37. The highest BCUT2D eigenvalue weighted by atomic mass is 35.5. The summed E-state index contributed by atoms with van der Waals surface area (Å²) in [5.74, 6) is -3.52. The maximum absolute atomic E-state index is 13.4. The van der Waals surface area contributed by atoms with Crippen LogP contribution in [0, 0.1) is 22.7 Å². The number of benzene rings is 1. The maximum Gasteiger partial charge on any atom is 0.289 e. The van der Waals surface area contributed by atoms with Crippen molar-refractivity contribution in [1.82, 2.24) is 21.3 Å². The lowest BCUT2D eigenvalue weighted by molar-refractivity contribution is -0.141. The molecule has 10 nitrogen and oxygen atoms in total. The van der Waals surface area contributed by atoms with Gasteiger partial charge in [-0.2, -0.15) is 5.26 Å². The molecule has 4 N–H and O–H groups in total. The van der Waals surface area contributed by atoms with Gasteiger partial charge < -0.3 is 21.3 Å². The summed E-state index contributed by atoms with van der Waals surface area (Å²) in [5.41, 5.74) is 0.470. The van der Waals surface area contributed by atoms with Crippen molar-refractivity contribution in [3.63, 3.8) is 0 Å². The van der Waals surface area contributed by atoms with E-state index in [0.29, 0.717) is 23.6 Å². The third-order valence-electron chi connectivity index (χ3n) is 6.44. The minimum atomic E-state index is -1.21. The van der Waals surface area contributed by atoms with E-state index in [1.807, 2.05) is 26.8 Å². The van der Waals surface area contributed by atoms with Gasteiger partial charge in [-0.05, 0) is 61.3 Å². The Morgan fingerprint density at radius 3 is 2.46 bits per heavy atom. The summed E-state index contributed by atoms with van der Waals surface area (Å²) in [4.78, 5) is 63.9. The van der Waals surface area contributed by atoms with Gasteiger partial charge in [0.15, 0.2) is 0 Å². The molecule has 11 heteroatoms. The van der Waals surface area contributed by atoms with Crippen LogP contribution >= 0.6 is 11.6 Å². The van der Waals surface area contributed by atoms with E-state index in [1.165, 1.54) is 18.2 Å². The highest BCUT2D eigenvalue weighted by molar-refractivity contribution is 6.38. The summed E-state index contributed by atoms with van der Waals surface area (Å²) >= 11 is 5.96. The number of Topliss-reactive ketones (excluding diaryl/α,β-unsaturated/α-hetero) is 1. The van der Waals surface area contributed by atoms with Gasteiger partial charge in [0.1, 0.15) is 12.1 Å². The summed E-state index contributed by atoms with van der Waals surface area (Å²) in [5, 5.41) is 20.1. The van der Waals surface area contributed by atoms with Gasteiger partial charge in [-0.3, -0.25) is 24.0 Å². The van der Waals surface area contributed by atoms with E-state index in [9.17, 15) is 24.0 Å². The van der Waals surface area contributed by atoms with Gasteiger partial charge in [-0.15, -0.1) is 0 Å². The highest BCUT2D eigenvalue weighted by Crippen LogP contribution is 2.23. The number of carbonyl (C=O) groups is 5. The molecule has 4 amide bonds. The molecule has 0 bridgehead atoms. The minimum absolute atomic E-state index is 0.0115. The Balaban J connectivity index is 1.74. The molecular formula is C28H34ClN5O5. The number of nitrogens with zero attached hydrogens (tertiary/aromatic N) is 1. The zero-order valence-corrected chi connectivity index (χ0v) is 23.1. The van der Waals surface area contributed by atoms with Crippen LogP contribution in [-0.4, -0.2) is 54.1 Å². The monoisotopic (exact) mass is 555 g/mol. The predicted molar refractivity (Wildman–Crippen MR) is 145 cm³/mol. The molecule has 3 rings (SSSR count). The van der Waals surface area contributed by atoms with Gasteiger partial charge in [-0.25, -0.2) is 0 Å². The normalized spacial score (nSPS) is 18.5. The molecule has 1 aromatic carbocycles. The quantitative estimate of drug-likeness (QED) is 0.241. The van der Waals surface area contributed by atoms with Crippen molar-refractivity contribution < 1.29 is 24.0 Å². The number of rotatable bonds is 11. The first-order valence-electron chi connectivity index (χ1n) is 13.0. The summed E-state index contributed by atoms with van der Waals surface area (Å²) in [6.45, 7) is 6.17. The van der Waals surface area contributed by atoms with Gasteiger partial charge in [0.05, 0.1) is 16.6 Å². The molecule has 0 aromatic heterocycles. The first-order valence-corrected chi connectivity index (χ1v) is 13.3. The Hall–Kier alpha value is -3.71. The van der Waals surface area contributed by atoms with E-state index in [0.717, 1.165) is 12.8 Å². The molecular weight excluding hydrogens is 522 g/mol. The third kappa shape index (κ3) is 9.21. The van der Waals surface area contributed by atoms with Gasteiger partial charge in [0, 0.05) is 24.6 Å². The second-order valence-corrected chi connectivity index (χ2v) is 11.6. The second-order valence-electron chi connectivity index (χ2n) is 11.2. The van der Waals surface area contributed by atoms with Crippen LogP contribution in [0.3, 0.4) is 0 Å². The van der Waals surface area contributed by atoms with Crippen molar-refractivity contribution >= 4 is 47.1 Å². The molecule has 0 radical (unpaired) electrons. The van der Waals surface area contributed by atoms with E-state index in [4.69, 9.17) is 16.9 Å². The van der Waals surface area contributed by atoms with Crippen LogP contribution in [-0.2, 0) is 24.0 Å². The van der Waals surface area contributed by atoms with Crippen molar-refractivity contribution in [2.75, 3.05) is 6.54 Å². The first-order chi connectivity index (χ1) is 18.4. The molecule has 1 aromatic rings. The van der Waals surface area contributed by atoms with Crippen LogP contribution in [0.2, 0.25) is 5.02 Å². The van der Waals surface area contributed by atoms with E-state index in [-0.39, 0.29) is 35.8 Å². The number of nitriles is 1. The fourth-order valence-electron chi connectivity index (χ4n) is 4.25. The molecule has 208 valence electrons. The SMILES string of the molecule is CC(C)(C)CC(NC(=O)/C=C/c1ccc(Cl)c(C#N)c1)C(=O)NC(C[C@@H]1CCNC1=O)C(=O)C(=O)NC1CC1. The number of hydrogen-bond acceptors (Lipinski definition) is 6. The lowest BCUT2D eigenvalue weighted by atomic mass is 9.87. The first kappa shape index (κ1) is 29.8. The Morgan fingerprint density at radius 1 is 1.15 bits per heavy atom. The number of halogens is 1. The van der Waals surface area contributed by atoms with Crippen molar-refractivity contribution in [2.24, 2.45) is 11.3 Å². The standard InChI is InChI=1S/C28H34ClN5O5/c1-28(2,3)14-22(33-23(35)9-5-16-4-8-20(29)18(12-16)15-30)26(38)34-21(13-17-10-11-31-25(17)37)24(36)27(39)32-19-6-7-19/h4-5,8-9,12,17,19,21-22H,6-7,10-11,13-14H2,1-3H3,(H,31,37)(H,32,39)(H,33,35)(H,34,38)/b9-5+/t17-,21?,22?/m0/s1.